The number of methoxy groups -OCH3 is 1. The summed E-state index contributed by atoms with van der Waals surface area (Å²) in [4.78, 5) is 32.6. The number of nitrogens with zero attached hydrogens (tertiary/aromatic N) is 3. The van der Waals surface area contributed by atoms with Gasteiger partial charge in [0.2, 0.25) is 5.88 Å². The van der Waals surface area contributed by atoms with Crippen LogP contribution in [-0.4, -0.2) is 46.6 Å². The molecule has 3 aromatic rings. The molecule has 3 heterocycles. The van der Waals surface area contributed by atoms with Crippen molar-refractivity contribution < 1.29 is 9.53 Å². The molecule has 0 aliphatic carbocycles. The molecule has 0 spiro atoms. The minimum Gasteiger partial charge on any atom is -0.481 e. The molecule has 0 radical (unpaired) electrons. The van der Waals surface area contributed by atoms with E-state index < -0.39 is 0 Å². The first-order valence-corrected chi connectivity index (χ1v) is 10.3. The maximum atomic E-state index is 13.1. The zero-order valence-corrected chi connectivity index (χ0v) is 17.7. The molecule has 1 aliphatic rings. The number of aryl methyl sites for hydroxylation is 1. The van der Waals surface area contributed by atoms with Gasteiger partial charge in [-0.1, -0.05) is 30.3 Å². The second-order valence-corrected chi connectivity index (χ2v) is 7.79. The SMILES string of the molecule is COc1ccc(-n2ccc(C)c(C(=O)N[C@H]3CCN(Cc4ccccc4)C3)c2=O)cn1. The zero-order valence-electron chi connectivity index (χ0n) is 17.7. The third-order valence-corrected chi connectivity index (χ3v) is 5.59. The third kappa shape index (κ3) is 4.67. The average molecular weight is 418 g/mol. The molecule has 1 fully saturated rings. The van der Waals surface area contributed by atoms with E-state index in [1.165, 1.54) is 17.2 Å². The highest BCUT2D eigenvalue weighted by Gasteiger charge is 2.26. The van der Waals surface area contributed by atoms with E-state index in [4.69, 9.17) is 4.74 Å². The van der Waals surface area contributed by atoms with Crippen LogP contribution in [0.25, 0.3) is 5.69 Å². The molecule has 1 N–H and O–H groups in total. The van der Waals surface area contributed by atoms with Gasteiger partial charge in [0.05, 0.1) is 19.0 Å². The number of carbonyl (C=O) groups excluding carboxylic acids is 1. The molecule has 7 nitrogen and oxygen atoms in total. The van der Waals surface area contributed by atoms with Gasteiger partial charge in [-0.15, -0.1) is 0 Å². The quantitative estimate of drug-likeness (QED) is 0.666. The highest BCUT2D eigenvalue weighted by Crippen LogP contribution is 2.15. The number of nitrogens with one attached hydrogen (secondary N) is 1. The molecule has 7 heteroatoms. The molecule has 1 aromatic carbocycles. The molecular weight excluding hydrogens is 392 g/mol. The Morgan fingerprint density at radius 1 is 1.19 bits per heavy atom. The largest absolute Gasteiger partial charge is 0.481 e. The van der Waals surface area contributed by atoms with Gasteiger partial charge in [-0.25, -0.2) is 4.98 Å². The number of likely N-dealkylation sites (tertiary alicyclic amines) is 1. The zero-order chi connectivity index (χ0) is 21.8. The van der Waals surface area contributed by atoms with Crippen molar-refractivity contribution in [3.63, 3.8) is 0 Å². The highest BCUT2D eigenvalue weighted by molar-refractivity contribution is 5.95. The van der Waals surface area contributed by atoms with Crippen molar-refractivity contribution in [1.29, 1.82) is 0 Å². The Morgan fingerprint density at radius 3 is 2.71 bits per heavy atom. The third-order valence-electron chi connectivity index (χ3n) is 5.59. The predicted octanol–water partition coefficient (Wildman–Crippen LogP) is 2.55. The van der Waals surface area contributed by atoms with E-state index in [0.29, 0.717) is 17.1 Å². The number of pyridine rings is 2. The summed E-state index contributed by atoms with van der Waals surface area (Å²) in [6, 6.07) is 15.5. The minimum absolute atomic E-state index is 0.0197. The highest BCUT2D eigenvalue weighted by atomic mass is 16.5. The van der Waals surface area contributed by atoms with Crippen LogP contribution in [0.2, 0.25) is 0 Å². The number of amides is 1. The van der Waals surface area contributed by atoms with Gasteiger partial charge < -0.3 is 10.1 Å². The maximum absolute atomic E-state index is 13.1. The van der Waals surface area contributed by atoms with Crippen molar-refractivity contribution in [2.24, 2.45) is 0 Å². The summed E-state index contributed by atoms with van der Waals surface area (Å²) < 4.78 is 6.51. The summed E-state index contributed by atoms with van der Waals surface area (Å²) in [5, 5.41) is 3.06. The molecule has 1 saturated heterocycles. The Hall–Kier alpha value is -3.45. The summed E-state index contributed by atoms with van der Waals surface area (Å²) in [5.41, 5.74) is 2.29. The molecule has 160 valence electrons. The fourth-order valence-corrected chi connectivity index (χ4v) is 3.94. The lowest BCUT2D eigenvalue weighted by molar-refractivity contribution is 0.0935. The number of hydrogen-bond donors (Lipinski definition) is 1. The van der Waals surface area contributed by atoms with Crippen molar-refractivity contribution >= 4 is 5.91 Å². The minimum atomic E-state index is -0.358. The van der Waals surface area contributed by atoms with Crippen molar-refractivity contribution in [3.8, 4) is 11.6 Å². The second kappa shape index (κ2) is 9.14. The number of rotatable bonds is 6. The number of hydrogen-bond acceptors (Lipinski definition) is 5. The van der Waals surface area contributed by atoms with Crippen LogP contribution in [-0.2, 0) is 6.54 Å². The fraction of sp³-hybridized carbons (Fsp3) is 0.292. The first-order chi connectivity index (χ1) is 15.0. The van der Waals surface area contributed by atoms with Crippen molar-refractivity contribution in [3.05, 3.63) is 88.0 Å². The van der Waals surface area contributed by atoms with Crippen LogP contribution < -0.4 is 15.6 Å². The van der Waals surface area contributed by atoms with Crippen LogP contribution in [0.1, 0.15) is 27.9 Å². The molecule has 1 aliphatic heterocycles. The van der Waals surface area contributed by atoms with E-state index in [-0.39, 0.29) is 23.1 Å². The summed E-state index contributed by atoms with van der Waals surface area (Å²) >= 11 is 0. The van der Waals surface area contributed by atoms with Gasteiger partial charge in [-0.2, -0.15) is 0 Å². The Labute approximate surface area is 181 Å². The van der Waals surface area contributed by atoms with E-state index in [0.717, 1.165) is 26.1 Å². The molecule has 31 heavy (non-hydrogen) atoms. The van der Waals surface area contributed by atoms with Crippen LogP contribution >= 0.6 is 0 Å². The lowest BCUT2D eigenvalue weighted by atomic mass is 10.1. The van der Waals surface area contributed by atoms with Gasteiger partial charge in [-0.05, 0) is 36.6 Å². The van der Waals surface area contributed by atoms with Gasteiger partial charge in [0.25, 0.3) is 11.5 Å². The van der Waals surface area contributed by atoms with Gasteiger partial charge in [-0.3, -0.25) is 19.1 Å². The van der Waals surface area contributed by atoms with Crippen molar-refractivity contribution in [2.45, 2.75) is 25.9 Å². The fourth-order valence-electron chi connectivity index (χ4n) is 3.94. The lowest BCUT2D eigenvalue weighted by Crippen LogP contribution is -2.40. The molecule has 0 bridgehead atoms. The number of ether oxygens (including phenoxy) is 1. The smallest absolute Gasteiger partial charge is 0.268 e. The normalized spacial score (nSPS) is 16.3. The Kier molecular flexibility index (Phi) is 6.13. The summed E-state index contributed by atoms with van der Waals surface area (Å²) in [6.07, 6.45) is 4.08. The van der Waals surface area contributed by atoms with Crippen LogP contribution in [0.15, 0.2) is 65.7 Å². The maximum Gasteiger partial charge on any atom is 0.268 e. The molecule has 4 rings (SSSR count). The van der Waals surface area contributed by atoms with E-state index in [1.54, 1.807) is 37.5 Å². The van der Waals surface area contributed by atoms with Crippen LogP contribution in [0.4, 0.5) is 0 Å². The molecule has 0 saturated carbocycles. The van der Waals surface area contributed by atoms with Crippen molar-refractivity contribution in [1.82, 2.24) is 19.8 Å². The van der Waals surface area contributed by atoms with Gasteiger partial charge in [0.15, 0.2) is 0 Å². The monoisotopic (exact) mass is 418 g/mol. The van der Waals surface area contributed by atoms with Crippen molar-refractivity contribution in [2.75, 3.05) is 20.2 Å². The van der Waals surface area contributed by atoms with E-state index in [9.17, 15) is 9.59 Å². The number of carbonyl (C=O) groups is 1. The topological polar surface area (TPSA) is 76.5 Å². The lowest BCUT2D eigenvalue weighted by Gasteiger charge is -2.17. The van der Waals surface area contributed by atoms with Gasteiger partial charge in [0.1, 0.15) is 5.56 Å². The van der Waals surface area contributed by atoms with E-state index in [2.05, 4.69) is 27.3 Å². The van der Waals surface area contributed by atoms with Crippen LogP contribution in [0, 0.1) is 6.92 Å². The first-order valence-electron chi connectivity index (χ1n) is 10.3. The molecule has 1 amide bonds. The van der Waals surface area contributed by atoms with Gasteiger partial charge in [0, 0.05) is 37.9 Å². The van der Waals surface area contributed by atoms with E-state index in [1.807, 2.05) is 18.2 Å². The Morgan fingerprint density at radius 2 is 2.00 bits per heavy atom. The van der Waals surface area contributed by atoms with E-state index >= 15 is 0 Å². The predicted molar refractivity (Wildman–Crippen MR) is 119 cm³/mol. The molecule has 2 aromatic heterocycles. The van der Waals surface area contributed by atoms with Crippen LogP contribution in [0.5, 0.6) is 5.88 Å². The molecule has 0 unspecified atom stereocenters. The Balaban J connectivity index is 1.48. The summed E-state index contributed by atoms with van der Waals surface area (Å²) in [5.74, 6) is 0.132. The van der Waals surface area contributed by atoms with Gasteiger partial charge >= 0.3 is 0 Å². The second-order valence-electron chi connectivity index (χ2n) is 7.79. The van der Waals surface area contributed by atoms with Crippen LogP contribution in [0.3, 0.4) is 0 Å². The average Bonchev–Trinajstić information content (AvgIpc) is 3.21. The Bertz CT molecular complexity index is 1110. The summed E-state index contributed by atoms with van der Waals surface area (Å²) in [6.45, 7) is 4.32. The summed E-state index contributed by atoms with van der Waals surface area (Å²) in [7, 11) is 1.53. The first kappa shape index (κ1) is 20.8. The molecule has 1 atom stereocenters. The number of aromatic nitrogens is 2. The molecular formula is C24H26N4O3. The standard InChI is InChI=1S/C24H26N4O3/c1-17-10-13-28(20-8-9-21(31-2)25-14-20)24(30)22(17)23(29)26-19-11-12-27(16-19)15-18-6-4-3-5-7-18/h3-10,13-14,19H,11-12,15-16H2,1-2H3,(H,26,29)/t19-/m0/s1. The number of benzene rings is 1.